The Labute approximate surface area is 131 Å². The van der Waals surface area contributed by atoms with Crippen LogP contribution < -0.4 is 10.6 Å². The predicted octanol–water partition coefficient (Wildman–Crippen LogP) is 4.46. The van der Waals surface area contributed by atoms with Gasteiger partial charge >= 0.3 is 0 Å². The summed E-state index contributed by atoms with van der Waals surface area (Å²) in [6.07, 6.45) is 0. The molecule has 1 amide bonds. The van der Waals surface area contributed by atoms with E-state index in [2.05, 4.69) is 26.6 Å². The van der Waals surface area contributed by atoms with Crippen molar-refractivity contribution in [1.29, 1.82) is 0 Å². The fourth-order valence-corrected chi connectivity index (χ4v) is 2.56. The number of carbonyl (C=O) groups excluding carboxylic acids is 1. The Morgan fingerprint density at radius 1 is 1.25 bits per heavy atom. The molecule has 0 aromatic heterocycles. The van der Waals surface area contributed by atoms with Gasteiger partial charge in [-0.25, -0.2) is 0 Å². The van der Waals surface area contributed by atoms with Crippen LogP contribution in [0.1, 0.15) is 5.56 Å². The first kappa shape index (κ1) is 14.9. The van der Waals surface area contributed by atoms with Crippen molar-refractivity contribution in [2.24, 2.45) is 0 Å². The van der Waals surface area contributed by atoms with E-state index < -0.39 is 0 Å². The van der Waals surface area contributed by atoms with Crippen LogP contribution in [0.25, 0.3) is 0 Å². The molecular formula is C15H14BrClN2O. The molecule has 0 radical (unpaired) electrons. The highest BCUT2D eigenvalue weighted by Crippen LogP contribution is 2.25. The van der Waals surface area contributed by atoms with Crippen molar-refractivity contribution < 1.29 is 4.79 Å². The standard InChI is InChI=1S/C15H14BrClN2O/c1-10-3-2-4-12(7-10)19-15(20)9-18-14-6-5-11(17)8-13(14)16/h2-8,18H,9H2,1H3,(H,19,20). The van der Waals surface area contributed by atoms with Crippen molar-refractivity contribution >= 4 is 44.8 Å². The topological polar surface area (TPSA) is 41.1 Å². The van der Waals surface area contributed by atoms with E-state index in [0.717, 1.165) is 21.4 Å². The lowest BCUT2D eigenvalue weighted by atomic mass is 10.2. The zero-order valence-electron chi connectivity index (χ0n) is 10.9. The van der Waals surface area contributed by atoms with E-state index >= 15 is 0 Å². The lowest BCUT2D eigenvalue weighted by Gasteiger charge is -2.10. The summed E-state index contributed by atoms with van der Waals surface area (Å²) in [6, 6.07) is 13.1. The fourth-order valence-electron chi connectivity index (χ4n) is 1.74. The second-order valence-electron chi connectivity index (χ2n) is 4.40. The number of nitrogens with one attached hydrogen (secondary N) is 2. The molecule has 0 saturated heterocycles. The van der Waals surface area contributed by atoms with E-state index in [0.29, 0.717) is 5.02 Å². The first-order valence-electron chi connectivity index (χ1n) is 6.10. The highest BCUT2D eigenvalue weighted by molar-refractivity contribution is 9.10. The Morgan fingerprint density at radius 3 is 2.75 bits per heavy atom. The monoisotopic (exact) mass is 352 g/mol. The smallest absolute Gasteiger partial charge is 0.243 e. The van der Waals surface area contributed by atoms with Gasteiger partial charge in [-0.1, -0.05) is 23.7 Å². The number of hydrogen-bond acceptors (Lipinski definition) is 2. The van der Waals surface area contributed by atoms with E-state index in [1.807, 2.05) is 37.3 Å². The van der Waals surface area contributed by atoms with Gasteiger partial charge < -0.3 is 10.6 Å². The maximum atomic E-state index is 11.9. The first-order chi connectivity index (χ1) is 9.54. The van der Waals surface area contributed by atoms with Gasteiger partial charge in [0.15, 0.2) is 0 Å². The van der Waals surface area contributed by atoms with Crippen molar-refractivity contribution in [3.8, 4) is 0 Å². The summed E-state index contributed by atoms with van der Waals surface area (Å²) in [5, 5.41) is 6.54. The van der Waals surface area contributed by atoms with Crippen LogP contribution in [-0.4, -0.2) is 12.5 Å². The van der Waals surface area contributed by atoms with Gasteiger partial charge in [0.05, 0.1) is 6.54 Å². The van der Waals surface area contributed by atoms with E-state index in [4.69, 9.17) is 11.6 Å². The van der Waals surface area contributed by atoms with Crippen LogP contribution in [-0.2, 0) is 4.79 Å². The number of rotatable bonds is 4. The Balaban J connectivity index is 1.92. The normalized spacial score (nSPS) is 10.2. The van der Waals surface area contributed by atoms with Gasteiger partial charge in [-0.2, -0.15) is 0 Å². The molecule has 2 aromatic carbocycles. The zero-order valence-corrected chi connectivity index (χ0v) is 13.3. The molecule has 2 aromatic rings. The molecule has 3 nitrogen and oxygen atoms in total. The van der Waals surface area contributed by atoms with E-state index in [-0.39, 0.29) is 12.5 Å². The van der Waals surface area contributed by atoms with Crippen LogP contribution in [0.15, 0.2) is 46.9 Å². The third kappa shape index (κ3) is 4.25. The van der Waals surface area contributed by atoms with Crippen LogP contribution >= 0.6 is 27.5 Å². The third-order valence-corrected chi connectivity index (χ3v) is 3.56. The Hall–Kier alpha value is -1.52. The summed E-state index contributed by atoms with van der Waals surface area (Å²) in [6.45, 7) is 2.17. The maximum absolute atomic E-state index is 11.9. The Kier molecular flexibility index (Phi) is 5.04. The summed E-state index contributed by atoms with van der Waals surface area (Å²) in [5.74, 6) is -0.0996. The Bertz CT molecular complexity index is 631. The van der Waals surface area contributed by atoms with Crippen molar-refractivity contribution in [1.82, 2.24) is 0 Å². The lowest BCUT2D eigenvalue weighted by Crippen LogP contribution is -2.21. The summed E-state index contributed by atoms with van der Waals surface area (Å²) in [7, 11) is 0. The summed E-state index contributed by atoms with van der Waals surface area (Å²) < 4.78 is 0.827. The number of benzene rings is 2. The number of carbonyl (C=O) groups is 1. The van der Waals surface area contributed by atoms with Crippen LogP contribution in [0.3, 0.4) is 0 Å². The van der Waals surface area contributed by atoms with Gasteiger partial charge in [0, 0.05) is 20.9 Å². The van der Waals surface area contributed by atoms with Crippen molar-refractivity contribution in [3.05, 3.63) is 57.5 Å². The molecule has 104 valence electrons. The summed E-state index contributed by atoms with van der Waals surface area (Å²) in [4.78, 5) is 11.9. The number of hydrogen-bond donors (Lipinski definition) is 2. The van der Waals surface area contributed by atoms with Crippen molar-refractivity contribution in [2.75, 3.05) is 17.2 Å². The number of aryl methyl sites for hydroxylation is 1. The molecule has 0 spiro atoms. The van der Waals surface area contributed by atoms with Crippen LogP contribution in [0.4, 0.5) is 11.4 Å². The molecule has 2 N–H and O–H groups in total. The largest absolute Gasteiger partial charge is 0.375 e. The average molecular weight is 354 g/mol. The number of anilines is 2. The second-order valence-corrected chi connectivity index (χ2v) is 5.69. The molecule has 0 heterocycles. The molecule has 0 bridgehead atoms. The second kappa shape index (κ2) is 6.77. The predicted molar refractivity (Wildman–Crippen MR) is 87.5 cm³/mol. The van der Waals surface area contributed by atoms with Gasteiger partial charge in [-0.15, -0.1) is 0 Å². The van der Waals surface area contributed by atoms with E-state index in [9.17, 15) is 4.79 Å². The molecule has 0 unspecified atom stereocenters. The third-order valence-electron chi connectivity index (χ3n) is 2.67. The molecule has 0 aliphatic heterocycles. The van der Waals surface area contributed by atoms with Gasteiger partial charge in [-0.05, 0) is 58.7 Å². The minimum atomic E-state index is -0.0996. The molecule has 2 rings (SSSR count). The molecule has 0 aliphatic carbocycles. The minimum Gasteiger partial charge on any atom is -0.375 e. The Morgan fingerprint density at radius 2 is 2.05 bits per heavy atom. The minimum absolute atomic E-state index is 0.0996. The van der Waals surface area contributed by atoms with Crippen molar-refractivity contribution in [2.45, 2.75) is 6.92 Å². The molecule has 0 atom stereocenters. The van der Waals surface area contributed by atoms with E-state index in [1.54, 1.807) is 12.1 Å². The lowest BCUT2D eigenvalue weighted by molar-refractivity contribution is -0.114. The van der Waals surface area contributed by atoms with Crippen LogP contribution in [0.5, 0.6) is 0 Å². The van der Waals surface area contributed by atoms with E-state index in [1.165, 1.54) is 0 Å². The van der Waals surface area contributed by atoms with Crippen LogP contribution in [0.2, 0.25) is 5.02 Å². The fraction of sp³-hybridized carbons (Fsp3) is 0.133. The molecule has 0 aliphatic rings. The molecule has 0 saturated carbocycles. The highest BCUT2D eigenvalue weighted by atomic mass is 79.9. The number of halogens is 2. The summed E-state index contributed by atoms with van der Waals surface area (Å²) in [5.41, 5.74) is 2.73. The van der Waals surface area contributed by atoms with Gasteiger partial charge in [0.25, 0.3) is 0 Å². The number of amides is 1. The molecule has 5 heteroatoms. The van der Waals surface area contributed by atoms with Gasteiger partial charge in [0.2, 0.25) is 5.91 Å². The molecule has 0 fully saturated rings. The maximum Gasteiger partial charge on any atom is 0.243 e. The quantitative estimate of drug-likeness (QED) is 0.852. The SMILES string of the molecule is Cc1cccc(NC(=O)CNc2ccc(Cl)cc2Br)c1. The average Bonchev–Trinajstić information content (AvgIpc) is 2.37. The van der Waals surface area contributed by atoms with Gasteiger partial charge in [0.1, 0.15) is 0 Å². The molecular weight excluding hydrogens is 340 g/mol. The zero-order chi connectivity index (χ0) is 14.5. The first-order valence-corrected chi connectivity index (χ1v) is 7.27. The van der Waals surface area contributed by atoms with Crippen molar-refractivity contribution in [3.63, 3.8) is 0 Å². The highest BCUT2D eigenvalue weighted by Gasteiger charge is 2.05. The van der Waals surface area contributed by atoms with Crippen LogP contribution in [0, 0.1) is 6.92 Å². The van der Waals surface area contributed by atoms with Gasteiger partial charge in [-0.3, -0.25) is 4.79 Å². The summed E-state index contributed by atoms with van der Waals surface area (Å²) >= 11 is 9.26. The molecule has 20 heavy (non-hydrogen) atoms.